The predicted molar refractivity (Wildman–Crippen MR) is 87.5 cm³/mol. The lowest BCUT2D eigenvalue weighted by Gasteiger charge is -2.21. The van der Waals surface area contributed by atoms with Crippen LogP contribution in [0.15, 0.2) is 30.7 Å². The molecular formula is C15H17F3N4OS. The first-order chi connectivity index (χ1) is 11.2. The largest absolute Gasteiger partial charge is 0.401 e. The van der Waals surface area contributed by atoms with Gasteiger partial charge in [0.25, 0.3) is 0 Å². The van der Waals surface area contributed by atoms with Crippen LogP contribution >= 0.6 is 11.8 Å². The number of hydrogen-bond donors (Lipinski definition) is 0. The fourth-order valence-corrected chi connectivity index (χ4v) is 2.74. The molecule has 0 saturated heterocycles. The molecule has 1 unspecified atom stereocenters. The lowest BCUT2D eigenvalue weighted by Crippen LogP contribution is -2.35. The van der Waals surface area contributed by atoms with Crippen molar-refractivity contribution in [3.8, 4) is 5.69 Å². The summed E-state index contributed by atoms with van der Waals surface area (Å²) in [6, 6.07) is 3.53. The number of carbonyl (C=O) groups excluding carboxylic acids is 1. The summed E-state index contributed by atoms with van der Waals surface area (Å²) in [6.07, 6.45) is 1.15. The molecule has 2 heterocycles. The molecule has 9 heteroatoms. The van der Waals surface area contributed by atoms with Crippen LogP contribution in [-0.4, -0.2) is 45.4 Å². The van der Waals surface area contributed by atoms with E-state index in [-0.39, 0.29) is 0 Å². The number of anilines is 1. The maximum absolute atomic E-state index is 12.8. The first kappa shape index (κ1) is 18.3. The molecule has 5 nitrogen and oxygen atoms in total. The van der Waals surface area contributed by atoms with E-state index in [1.54, 1.807) is 37.6 Å². The SMILES string of the molecule is CSC(CC(=O)N(C)c1cn(-c2cccnc2)nc1C)C(F)(F)F. The van der Waals surface area contributed by atoms with Gasteiger partial charge in [0.2, 0.25) is 5.91 Å². The van der Waals surface area contributed by atoms with Crippen molar-refractivity contribution >= 4 is 23.4 Å². The lowest BCUT2D eigenvalue weighted by atomic mass is 10.2. The van der Waals surface area contributed by atoms with Crippen molar-refractivity contribution in [3.05, 3.63) is 36.4 Å². The number of aromatic nitrogens is 3. The van der Waals surface area contributed by atoms with Gasteiger partial charge in [-0.1, -0.05) is 0 Å². The molecule has 1 atom stereocenters. The Bertz CT molecular complexity index is 702. The summed E-state index contributed by atoms with van der Waals surface area (Å²) < 4.78 is 40.0. The molecular weight excluding hydrogens is 341 g/mol. The first-order valence-electron chi connectivity index (χ1n) is 7.06. The molecule has 2 aromatic rings. The smallest absolute Gasteiger partial charge is 0.312 e. The number of halogens is 3. The number of nitrogens with zero attached hydrogens (tertiary/aromatic N) is 4. The number of thioether (sulfide) groups is 1. The number of alkyl halides is 3. The minimum atomic E-state index is -4.41. The highest BCUT2D eigenvalue weighted by atomic mass is 32.2. The Morgan fingerprint density at radius 3 is 2.71 bits per heavy atom. The Labute approximate surface area is 141 Å². The van der Waals surface area contributed by atoms with Crippen LogP contribution < -0.4 is 4.90 Å². The topological polar surface area (TPSA) is 51.0 Å². The Morgan fingerprint density at radius 2 is 2.17 bits per heavy atom. The summed E-state index contributed by atoms with van der Waals surface area (Å²) >= 11 is 0.622. The van der Waals surface area contributed by atoms with Crippen molar-refractivity contribution in [2.24, 2.45) is 0 Å². The van der Waals surface area contributed by atoms with Crippen LogP contribution in [0, 0.1) is 6.92 Å². The molecule has 0 spiro atoms. The molecule has 0 fully saturated rings. The van der Waals surface area contributed by atoms with Gasteiger partial charge in [0, 0.05) is 19.7 Å². The molecule has 0 saturated carbocycles. The number of rotatable bonds is 5. The van der Waals surface area contributed by atoms with Crippen molar-refractivity contribution in [2.75, 3.05) is 18.2 Å². The molecule has 0 aliphatic rings. The molecule has 0 aromatic carbocycles. The summed E-state index contributed by atoms with van der Waals surface area (Å²) in [7, 11) is 1.45. The number of amides is 1. The van der Waals surface area contributed by atoms with Crippen LogP contribution in [0.4, 0.5) is 18.9 Å². The number of aryl methyl sites for hydroxylation is 1. The molecule has 0 aliphatic carbocycles. The van der Waals surface area contributed by atoms with Crippen molar-refractivity contribution in [1.29, 1.82) is 0 Å². The van der Waals surface area contributed by atoms with Crippen LogP contribution in [0.2, 0.25) is 0 Å². The molecule has 2 rings (SSSR count). The first-order valence-corrected chi connectivity index (χ1v) is 8.35. The van der Waals surface area contributed by atoms with Crippen LogP contribution in [0.25, 0.3) is 5.69 Å². The molecule has 24 heavy (non-hydrogen) atoms. The number of hydrogen-bond acceptors (Lipinski definition) is 4. The summed E-state index contributed by atoms with van der Waals surface area (Å²) in [4.78, 5) is 17.4. The van der Waals surface area contributed by atoms with E-state index >= 15 is 0 Å². The van der Waals surface area contributed by atoms with E-state index in [0.29, 0.717) is 28.8 Å². The molecule has 0 N–H and O–H groups in total. The molecule has 0 bridgehead atoms. The third-order valence-electron chi connectivity index (χ3n) is 3.53. The monoisotopic (exact) mass is 358 g/mol. The minimum absolute atomic E-state index is 0.464. The van der Waals surface area contributed by atoms with E-state index in [1.165, 1.54) is 22.9 Å². The maximum Gasteiger partial charge on any atom is 0.401 e. The van der Waals surface area contributed by atoms with Gasteiger partial charge in [0.15, 0.2) is 0 Å². The molecule has 0 aliphatic heterocycles. The van der Waals surface area contributed by atoms with Gasteiger partial charge in [-0.05, 0) is 25.3 Å². The summed E-state index contributed by atoms with van der Waals surface area (Å²) in [5, 5.41) is 2.57. The summed E-state index contributed by atoms with van der Waals surface area (Å²) in [6.45, 7) is 1.70. The van der Waals surface area contributed by atoms with Gasteiger partial charge in [-0.2, -0.15) is 30.0 Å². The highest BCUT2D eigenvalue weighted by Crippen LogP contribution is 2.32. The van der Waals surface area contributed by atoms with Crippen molar-refractivity contribution in [3.63, 3.8) is 0 Å². The zero-order chi connectivity index (χ0) is 17.9. The van der Waals surface area contributed by atoms with E-state index in [4.69, 9.17) is 0 Å². The average Bonchev–Trinajstić information content (AvgIpc) is 2.93. The van der Waals surface area contributed by atoms with Crippen molar-refractivity contribution < 1.29 is 18.0 Å². The predicted octanol–water partition coefficient (Wildman–Crippen LogP) is 3.22. The van der Waals surface area contributed by atoms with Gasteiger partial charge in [0.05, 0.1) is 29.5 Å². The molecule has 0 radical (unpaired) electrons. The van der Waals surface area contributed by atoms with E-state index in [0.717, 1.165) is 0 Å². The van der Waals surface area contributed by atoms with E-state index in [1.807, 2.05) is 0 Å². The van der Waals surface area contributed by atoms with Gasteiger partial charge in [-0.3, -0.25) is 9.78 Å². The Kier molecular flexibility index (Phi) is 5.53. The standard InChI is InChI=1S/C15H17F3N4OS/c1-10-12(9-22(20-10)11-5-4-6-19-8-11)21(2)14(23)7-13(24-3)15(16,17)18/h4-6,8-9,13H,7H2,1-3H3. The molecule has 1 amide bonds. The lowest BCUT2D eigenvalue weighted by molar-refractivity contribution is -0.138. The summed E-state index contributed by atoms with van der Waals surface area (Å²) in [5.41, 5.74) is 1.71. The van der Waals surface area contributed by atoms with E-state index in [9.17, 15) is 18.0 Å². The van der Waals surface area contributed by atoms with Crippen LogP contribution in [0.5, 0.6) is 0 Å². The Balaban J connectivity index is 2.19. The zero-order valence-electron chi connectivity index (χ0n) is 13.4. The molecule has 2 aromatic heterocycles. The maximum atomic E-state index is 12.8. The van der Waals surface area contributed by atoms with Gasteiger partial charge in [-0.15, -0.1) is 0 Å². The third kappa shape index (κ3) is 4.08. The second kappa shape index (κ2) is 7.25. The average molecular weight is 358 g/mol. The van der Waals surface area contributed by atoms with E-state index < -0.39 is 23.8 Å². The van der Waals surface area contributed by atoms with E-state index in [2.05, 4.69) is 10.1 Å². The van der Waals surface area contributed by atoms with Crippen molar-refractivity contribution in [2.45, 2.75) is 24.8 Å². The van der Waals surface area contributed by atoms with Crippen LogP contribution in [-0.2, 0) is 4.79 Å². The number of carbonyl (C=O) groups is 1. The second-order valence-corrected chi connectivity index (χ2v) is 6.22. The van der Waals surface area contributed by atoms with Gasteiger partial charge in [-0.25, -0.2) is 4.68 Å². The van der Waals surface area contributed by atoms with Crippen LogP contribution in [0.1, 0.15) is 12.1 Å². The van der Waals surface area contributed by atoms with Crippen LogP contribution in [0.3, 0.4) is 0 Å². The minimum Gasteiger partial charge on any atom is -0.312 e. The van der Waals surface area contributed by atoms with Gasteiger partial charge in [0.1, 0.15) is 5.25 Å². The fourth-order valence-electron chi connectivity index (χ4n) is 2.16. The van der Waals surface area contributed by atoms with Crippen molar-refractivity contribution in [1.82, 2.24) is 14.8 Å². The molecule has 130 valence electrons. The highest BCUT2D eigenvalue weighted by Gasteiger charge is 2.41. The normalized spacial score (nSPS) is 12.9. The zero-order valence-corrected chi connectivity index (χ0v) is 14.2. The highest BCUT2D eigenvalue weighted by molar-refractivity contribution is 7.99. The second-order valence-electron chi connectivity index (χ2n) is 5.18. The quantitative estimate of drug-likeness (QED) is 0.824. The Hall–Kier alpha value is -2.03. The number of pyridine rings is 1. The third-order valence-corrected chi connectivity index (χ3v) is 4.53. The Morgan fingerprint density at radius 1 is 1.46 bits per heavy atom. The van der Waals surface area contributed by atoms with Gasteiger partial charge < -0.3 is 4.90 Å². The van der Waals surface area contributed by atoms with Gasteiger partial charge >= 0.3 is 6.18 Å². The fraction of sp³-hybridized carbons (Fsp3) is 0.400. The summed E-state index contributed by atoms with van der Waals surface area (Å²) in [5.74, 6) is -0.611.